The topological polar surface area (TPSA) is 48.4 Å². The zero-order chi connectivity index (χ0) is 18.0. The lowest BCUT2D eigenvalue weighted by Gasteiger charge is -2.12. The molecule has 4 nitrogen and oxygen atoms in total. The Labute approximate surface area is 144 Å². The number of halogens is 3. The van der Waals surface area contributed by atoms with E-state index in [1.54, 1.807) is 24.3 Å². The first-order chi connectivity index (χ1) is 11.9. The van der Waals surface area contributed by atoms with Crippen LogP contribution in [0.2, 0.25) is 0 Å². The Morgan fingerprint density at radius 2 is 1.96 bits per heavy atom. The number of hydrogen-bond donors (Lipinski definition) is 0. The number of methoxy groups -OCH3 is 1. The number of alkyl halides is 3. The van der Waals surface area contributed by atoms with Crippen LogP contribution in [0.15, 0.2) is 41.8 Å². The maximum Gasteiger partial charge on any atom is 0.434 e. The number of nitrogens with zero attached hydrogens (tertiary/aromatic N) is 1. The Hall–Kier alpha value is -2.61. The van der Waals surface area contributed by atoms with E-state index in [0.29, 0.717) is 5.39 Å². The fourth-order valence-electron chi connectivity index (χ4n) is 2.31. The van der Waals surface area contributed by atoms with Gasteiger partial charge in [0.25, 0.3) is 0 Å². The van der Waals surface area contributed by atoms with Crippen molar-refractivity contribution in [3.63, 3.8) is 0 Å². The molecule has 0 N–H and O–H groups in total. The standard InChI is InChI=1S/C17H12F3NO3S/c1-23-16(22)12-7-6-10-4-2-3-5-11(10)15(12)24-8-14-21-13(9-25-14)17(18,19)20/h2-7,9H,8H2,1H3. The van der Waals surface area contributed by atoms with Gasteiger partial charge in [0.05, 0.1) is 7.11 Å². The number of ether oxygens (including phenoxy) is 2. The Kier molecular flexibility index (Phi) is 4.63. The van der Waals surface area contributed by atoms with Crippen molar-refractivity contribution in [2.24, 2.45) is 0 Å². The second-order valence-corrected chi connectivity index (χ2v) is 6.01. The number of fused-ring (bicyclic) bond motifs is 1. The average molecular weight is 367 g/mol. The Balaban J connectivity index is 1.94. The molecule has 130 valence electrons. The van der Waals surface area contributed by atoms with Crippen molar-refractivity contribution in [1.82, 2.24) is 4.98 Å². The van der Waals surface area contributed by atoms with Crippen LogP contribution < -0.4 is 4.74 Å². The van der Waals surface area contributed by atoms with Gasteiger partial charge in [-0.1, -0.05) is 30.3 Å². The molecule has 0 saturated heterocycles. The van der Waals surface area contributed by atoms with E-state index in [9.17, 15) is 18.0 Å². The predicted octanol–water partition coefficient (Wildman–Crippen LogP) is 4.68. The third kappa shape index (κ3) is 3.58. The van der Waals surface area contributed by atoms with Gasteiger partial charge in [0.2, 0.25) is 0 Å². The number of carbonyl (C=O) groups excluding carboxylic acids is 1. The highest BCUT2D eigenvalue weighted by Crippen LogP contribution is 2.33. The summed E-state index contributed by atoms with van der Waals surface area (Å²) in [6.45, 7) is -0.182. The number of thiazole rings is 1. The summed E-state index contributed by atoms with van der Waals surface area (Å²) in [5, 5.41) is 2.59. The summed E-state index contributed by atoms with van der Waals surface area (Å²) in [6.07, 6.45) is -4.49. The Bertz CT molecular complexity index is 921. The number of esters is 1. The van der Waals surface area contributed by atoms with Gasteiger partial charge in [0, 0.05) is 10.8 Å². The molecule has 2 aromatic carbocycles. The van der Waals surface area contributed by atoms with Crippen molar-refractivity contribution < 1.29 is 27.4 Å². The minimum absolute atomic E-state index is 0.163. The lowest BCUT2D eigenvalue weighted by Crippen LogP contribution is -2.08. The van der Waals surface area contributed by atoms with Crippen LogP contribution in [-0.4, -0.2) is 18.1 Å². The highest BCUT2D eigenvalue weighted by molar-refractivity contribution is 7.09. The van der Waals surface area contributed by atoms with Crippen LogP contribution in [0.4, 0.5) is 13.2 Å². The molecule has 3 rings (SSSR count). The summed E-state index contributed by atoms with van der Waals surface area (Å²) in [5.74, 6) is -0.329. The second kappa shape index (κ2) is 6.72. The largest absolute Gasteiger partial charge is 0.485 e. The summed E-state index contributed by atoms with van der Waals surface area (Å²) in [5.41, 5.74) is -0.754. The molecule has 0 saturated carbocycles. The van der Waals surface area contributed by atoms with Crippen molar-refractivity contribution in [2.75, 3.05) is 7.11 Å². The number of hydrogen-bond acceptors (Lipinski definition) is 5. The maximum atomic E-state index is 12.6. The van der Waals surface area contributed by atoms with Crippen LogP contribution in [0.5, 0.6) is 5.75 Å². The van der Waals surface area contributed by atoms with E-state index in [1.807, 2.05) is 12.1 Å². The molecule has 0 aliphatic carbocycles. The lowest BCUT2D eigenvalue weighted by molar-refractivity contribution is -0.140. The molecular formula is C17H12F3NO3S. The van der Waals surface area contributed by atoms with Crippen LogP contribution in [0.1, 0.15) is 21.1 Å². The van der Waals surface area contributed by atoms with Gasteiger partial charge < -0.3 is 9.47 Å². The molecule has 0 atom stereocenters. The third-order valence-electron chi connectivity index (χ3n) is 3.47. The van der Waals surface area contributed by atoms with Gasteiger partial charge in [0.1, 0.15) is 22.9 Å². The highest BCUT2D eigenvalue weighted by atomic mass is 32.1. The van der Waals surface area contributed by atoms with Gasteiger partial charge in [0.15, 0.2) is 5.69 Å². The molecule has 8 heteroatoms. The van der Waals surface area contributed by atoms with Crippen LogP contribution in [-0.2, 0) is 17.5 Å². The van der Waals surface area contributed by atoms with Crippen LogP contribution in [0, 0.1) is 0 Å². The van der Waals surface area contributed by atoms with E-state index in [4.69, 9.17) is 9.47 Å². The highest BCUT2D eigenvalue weighted by Gasteiger charge is 2.33. The second-order valence-electron chi connectivity index (χ2n) is 5.07. The van der Waals surface area contributed by atoms with Crippen molar-refractivity contribution in [2.45, 2.75) is 12.8 Å². The van der Waals surface area contributed by atoms with E-state index in [0.717, 1.165) is 22.1 Å². The van der Waals surface area contributed by atoms with Gasteiger partial charge in [-0.05, 0) is 11.5 Å². The van der Waals surface area contributed by atoms with Crippen molar-refractivity contribution in [3.05, 3.63) is 58.0 Å². The van der Waals surface area contributed by atoms with Crippen LogP contribution >= 0.6 is 11.3 Å². The number of rotatable bonds is 4. The first kappa shape index (κ1) is 17.2. The van der Waals surface area contributed by atoms with Crippen molar-refractivity contribution in [1.29, 1.82) is 0 Å². The first-order valence-electron chi connectivity index (χ1n) is 7.14. The molecule has 1 heterocycles. The van der Waals surface area contributed by atoms with E-state index in [1.165, 1.54) is 7.11 Å². The van der Waals surface area contributed by atoms with E-state index < -0.39 is 17.8 Å². The molecule has 25 heavy (non-hydrogen) atoms. The minimum Gasteiger partial charge on any atom is -0.485 e. The predicted molar refractivity (Wildman–Crippen MR) is 86.7 cm³/mol. The molecule has 1 aromatic heterocycles. The van der Waals surface area contributed by atoms with E-state index >= 15 is 0 Å². The first-order valence-corrected chi connectivity index (χ1v) is 8.02. The van der Waals surface area contributed by atoms with Crippen LogP contribution in [0.3, 0.4) is 0 Å². The van der Waals surface area contributed by atoms with Gasteiger partial charge in [-0.25, -0.2) is 9.78 Å². The molecule has 0 fully saturated rings. The summed E-state index contributed by atoms with van der Waals surface area (Å²) in [4.78, 5) is 15.5. The van der Waals surface area contributed by atoms with Gasteiger partial charge >= 0.3 is 12.1 Å². The average Bonchev–Trinajstić information content (AvgIpc) is 3.08. The fraction of sp³-hybridized carbons (Fsp3) is 0.176. The Morgan fingerprint density at radius 3 is 2.64 bits per heavy atom. The van der Waals surface area contributed by atoms with Crippen molar-refractivity contribution >= 4 is 28.1 Å². The molecular weight excluding hydrogens is 355 g/mol. The monoisotopic (exact) mass is 367 g/mol. The summed E-state index contributed by atoms with van der Waals surface area (Å²) in [6, 6.07) is 10.5. The lowest BCUT2D eigenvalue weighted by atomic mass is 10.1. The molecule has 0 aliphatic heterocycles. The minimum atomic E-state index is -4.49. The van der Waals surface area contributed by atoms with Crippen LogP contribution in [0.25, 0.3) is 10.8 Å². The molecule has 0 amide bonds. The quantitative estimate of drug-likeness (QED) is 0.628. The van der Waals surface area contributed by atoms with Gasteiger partial charge in [-0.15, -0.1) is 11.3 Å². The zero-order valence-corrected chi connectivity index (χ0v) is 13.8. The summed E-state index contributed by atoms with van der Waals surface area (Å²) >= 11 is 0.849. The van der Waals surface area contributed by atoms with E-state index in [-0.39, 0.29) is 22.9 Å². The molecule has 3 aromatic rings. The molecule has 0 unspecified atom stereocenters. The van der Waals surface area contributed by atoms with Gasteiger partial charge in [-0.2, -0.15) is 13.2 Å². The Morgan fingerprint density at radius 1 is 1.20 bits per heavy atom. The van der Waals surface area contributed by atoms with Crippen molar-refractivity contribution in [3.8, 4) is 5.75 Å². The van der Waals surface area contributed by atoms with E-state index in [2.05, 4.69) is 4.98 Å². The molecule has 0 radical (unpaired) electrons. The molecule has 0 spiro atoms. The smallest absolute Gasteiger partial charge is 0.434 e. The van der Waals surface area contributed by atoms with Gasteiger partial charge in [-0.3, -0.25) is 0 Å². The zero-order valence-electron chi connectivity index (χ0n) is 13.0. The number of carbonyl (C=O) groups is 1. The summed E-state index contributed by atoms with van der Waals surface area (Å²) < 4.78 is 48.3. The molecule has 0 bridgehead atoms. The third-order valence-corrected chi connectivity index (χ3v) is 4.29. The summed E-state index contributed by atoms with van der Waals surface area (Å²) in [7, 11) is 1.25. The number of benzene rings is 2. The SMILES string of the molecule is COC(=O)c1ccc2ccccc2c1OCc1nc(C(F)(F)F)cs1. The molecule has 0 aliphatic rings. The fourth-order valence-corrected chi connectivity index (χ4v) is 3.02. The number of aromatic nitrogens is 1. The normalized spacial score (nSPS) is 11.5. The maximum absolute atomic E-state index is 12.6.